The Morgan fingerprint density at radius 1 is 1.05 bits per heavy atom. The highest BCUT2D eigenvalue weighted by atomic mass is 32.2. The molecule has 1 aliphatic heterocycles. The lowest BCUT2D eigenvalue weighted by molar-refractivity contribution is 0.432. The predicted octanol–water partition coefficient (Wildman–Crippen LogP) is -0.682. The smallest absolute Gasteiger partial charge is 0.243 e. The number of primary sulfonamides is 1. The molecule has 7 nitrogen and oxygen atoms in total. The van der Waals surface area contributed by atoms with E-state index in [9.17, 15) is 16.8 Å². The van der Waals surface area contributed by atoms with Gasteiger partial charge in [-0.1, -0.05) is 6.07 Å². The van der Waals surface area contributed by atoms with Crippen molar-refractivity contribution < 1.29 is 16.8 Å². The zero-order valence-corrected chi connectivity index (χ0v) is 12.5. The van der Waals surface area contributed by atoms with E-state index in [0.29, 0.717) is 26.1 Å². The Hall–Kier alpha value is -1.00. The second-order valence-corrected chi connectivity index (χ2v) is 8.03. The molecule has 0 unspecified atom stereocenters. The van der Waals surface area contributed by atoms with Crippen LogP contribution in [0.4, 0.5) is 0 Å². The van der Waals surface area contributed by atoms with E-state index >= 15 is 0 Å². The number of hydrogen-bond acceptors (Lipinski definition) is 5. The Morgan fingerprint density at radius 3 is 2.45 bits per heavy atom. The van der Waals surface area contributed by atoms with Crippen LogP contribution < -0.4 is 10.5 Å². The van der Waals surface area contributed by atoms with E-state index in [1.807, 2.05) is 0 Å². The third-order valence-corrected chi connectivity index (χ3v) is 5.88. The normalized spacial score (nSPS) is 18.6. The van der Waals surface area contributed by atoms with Gasteiger partial charge in [-0.2, -0.15) is 4.31 Å². The van der Waals surface area contributed by atoms with Gasteiger partial charge in [-0.3, -0.25) is 0 Å². The van der Waals surface area contributed by atoms with Gasteiger partial charge in [-0.15, -0.1) is 0 Å². The fraction of sp³-hybridized carbons (Fsp3) is 0.455. The Morgan fingerprint density at radius 2 is 1.75 bits per heavy atom. The van der Waals surface area contributed by atoms with Gasteiger partial charge < -0.3 is 5.32 Å². The topological polar surface area (TPSA) is 110 Å². The van der Waals surface area contributed by atoms with Crippen LogP contribution >= 0.6 is 0 Å². The maximum absolute atomic E-state index is 12.5. The molecular formula is C11H17N3O4S2. The third kappa shape index (κ3) is 3.36. The number of rotatable bonds is 3. The molecule has 0 aromatic heterocycles. The predicted molar refractivity (Wildman–Crippen MR) is 74.1 cm³/mol. The molecule has 0 atom stereocenters. The molecule has 0 amide bonds. The van der Waals surface area contributed by atoms with Crippen LogP contribution in [0.2, 0.25) is 0 Å². The number of sulfonamides is 2. The average Bonchev–Trinajstić information content (AvgIpc) is 2.67. The first-order valence-corrected chi connectivity index (χ1v) is 9.14. The van der Waals surface area contributed by atoms with E-state index in [1.54, 1.807) is 0 Å². The summed E-state index contributed by atoms with van der Waals surface area (Å²) in [5.41, 5.74) is 0. The maximum Gasteiger partial charge on any atom is 0.243 e. The van der Waals surface area contributed by atoms with Crippen molar-refractivity contribution in [2.24, 2.45) is 5.14 Å². The van der Waals surface area contributed by atoms with E-state index in [-0.39, 0.29) is 9.79 Å². The molecule has 0 spiro atoms. The summed E-state index contributed by atoms with van der Waals surface area (Å²) in [6.45, 7) is 2.12. The molecule has 1 saturated heterocycles. The first kappa shape index (κ1) is 15.4. The van der Waals surface area contributed by atoms with Crippen LogP contribution in [-0.2, 0) is 20.0 Å². The minimum absolute atomic E-state index is 0.0501. The van der Waals surface area contributed by atoms with Gasteiger partial charge in [-0.25, -0.2) is 22.0 Å². The summed E-state index contributed by atoms with van der Waals surface area (Å²) in [4.78, 5) is -0.252. The molecule has 112 valence electrons. The van der Waals surface area contributed by atoms with Crippen LogP contribution in [-0.4, -0.2) is 47.3 Å². The van der Waals surface area contributed by atoms with Crippen molar-refractivity contribution in [2.45, 2.75) is 16.2 Å². The number of nitrogens with two attached hydrogens (primary N) is 1. The Balaban J connectivity index is 2.39. The van der Waals surface area contributed by atoms with Crippen molar-refractivity contribution in [3.63, 3.8) is 0 Å². The summed E-state index contributed by atoms with van der Waals surface area (Å²) in [6, 6.07) is 5.13. The lowest BCUT2D eigenvalue weighted by Gasteiger charge is -2.19. The van der Waals surface area contributed by atoms with Gasteiger partial charge in [0.05, 0.1) is 9.79 Å². The molecule has 9 heteroatoms. The second kappa shape index (κ2) is 5.78. The van der Waals surface area contributed by atoms with Crippen LogP contribution in [0, 0.1) is 0 Å². The van der Waals surface area contributed by atoms with Crippen LogP contribution in [0.15, 0.2) is 34.1 Å². The highest BCUT2D eigenvalue weighted by molar-refractivity contribution is 7.90. The van der Waals surface area contributed by atoms with E-state index < -0.39 is 20.0 Å². The van der Waals surface area contributed by atoms with Gasteiger partial charge in [0, 0.05) is 19.6 Å². The summed E-state index contributed by atoms with van der Waals surface area (Å²) in [5, 5.41) is 8.14. The van der Waals surface area contributed by atoms with Crippen molar-refractivity contribution in [3.05, 3.63) is 24.3 Å². The van der Waals surface area contributed by atoms with E-state index in [2.05, 4.69) is 5.32 Å². The van der Waals surface area contributed by atoms with E-state index in [1.165, 1.54) is 22.5 Å². The minimum Gasteiger partial charge on any atom is -0.315 e. The van der Waals surface area contributed by atoms with Gasteiger partial charge in [0.25, 0.3) is 0 Å². The van der Waals surface area contributed by atoms with Crippen molar-refractivity contribution in [3.8, 4) is 0 Å². The van der Waals surface area contributed by atoms with Crippen molar-refractivity contribution in [1.82, 2.24) is 9.62 Å². The number of hydrogen-bond donors (Lipinski definition) is 2. The van der Waals surface area contributed by atoms with Gasteiger partial charge in [0.2, 0.25) is 20.0 Å². The zero-order chi connectivity index (χ0) is 14.8. The molecule has 0 radical (unpaired) electrons. The molecule has 3 N–H and O–H groups in total. The lowest BCUT2D eigenvalue weighted by atomic mass is 10.4. The van der Waals surface area contributed by atoms with Gasteiger partial charge in [0.1, 0.15) is 0 Å². The van der Waals surface area contributed by atoms with Gasteiger partial charge in [-0.05, 0) is 31.2 Å². The van der Waals surface area contributed by atoms with Crippen molar-refractivity contribution in [2.75, 3.05) is 26.2 Å². The summed E-state index contributed by atoms with van der Waals surface area (Å²) >= 11 is 0. The summed E-state index contributed by atoms with van der Waals surface area (Å²) < 4.78 is 48.9. The first-order chi connectivity index (χ1) is 9.32. The molecule has 0 saturated carbocycles. The van der Waals surface area contributed by atoms with Crippen molar-refractivity contribution >= 4 is 20.0 Å². The van der Waals surface area contributed by atoms with Crippen LogP contribution in [0.25, 0.3) is 0 Å². The lowest BCUT2D eigenvalue weighted by Crippen LogP contribution is -2.34. The number of nitrogens with zero attached hydrogens (tertiary/aromatic N) is 1. The van der Waals surface area contributed by atoms with Gasteiger partial charge >= 0.3 is 0 Å². The first-order valence-electron chi connectivity index (χ1n) is 6.15. The molecular weight excluding hydrogens is 302 g/mol. The standard InChI is InChI=1S/C11H17N3O4S2/c12-19(15,16)10-3-1-4-11(9-10)20(17,18)14-7-2-5-13-6-8-14/h1,3-4,9,13H,2,5-8H2,(H2,12,15,16). The molecule has 1 fully saturated rings. The molecule has 1 aromatic carbocycles. The van der Waals surface area contributed by atoms with Crippen LogP contribution in [0.3, 0.4) is 0 Å². The van der Waals surface area contributed by atoms with Gasteiger partial charge in [0.15, 0.2) is 0 Å². The number of benzene rings is 1. The molecule has 20 heavy (non-hydrogen) atoms. The molecule has 2 rings (SSSR count). The SMILES string of the molecule is NS(=O)(=O)c1cccc(S(=O)(=O)N2CCCNCC2)c1. The second-order valence-electron chi connectivity index (χ2n) is 4.53. The summed E-state index contributed by atoms with van der Waals surface area (Å²) in [5.74, 6) is 0. The zero-order valence-electron chi connectivity index (χ0n) is 10.8. The minimum atomic E-state index is -3.92. The van der Waals surface area contributed by atoms with E-state index in [4.69, 9.17) is 5.14 Å². The molecule has 1 aromatic rings. The fourth-order valence-corrected chi connectivity index (χ4v) is 4.18. The molecule has 0 bridgehead atoms. The summed E-state index contributed by atoms with van der Waals surface area (Å²) in [6.07, 6.45) is 0.716. The highest BCUT2D eigenvalue weighted by Crippen LogP contribution is 2.19. The molecule has 1 aliphatic rings. The van der Waals surface area contributed by atoms with Crippen LogP contribution in [0.5, 0.6) is 0 Å². The Bertz CT molecular complexity index is 677. The molecule has 0 aliphatic carbocycles. The molecule has 1 heterocycles. The third-order valence-electron chi connectivity index (χ3n) is 3.07. The van der Waals surface area contributed by atoms with E-state index in [0.717, 1.165) is 12.6 Å². The highest BCUT2D eigenvalue weighted by Gasteiger charge is 2.26. The summed E-state index contributed by atoms with van der Waals surface area (Å²) in [7, 11) is -7.61. The monoisotopic (exact) mass is 319 g/mol. The Labute approximate surface area is 118 Å². The maximum atomic E-state index is 12.5. The quantitative estimate of drug-likeness (QED) is 0.767. The average molecular weight is 319 g/mol. The fourth-order valence-electron chi connectivity index (χ4n) is 2.02. The Kier molecular flexibility index (Phi) is 4.45. The van der Waals surface area contributed by atoms with Crippen LogP contribution in [0.1, 0.15) is 6.42 Å². The number of nitrogens with one attached hydrogen (secondary N) is 1. The van der Waals surface area contributed by atoms with Crippen molar-refractivity contribution in [1.29, 1.82) is 0 Å². The largest absolute Gasteiger partial charge is 0.315 e.